The minimum atomic E-state index is -1.21. The Bertz CT molecular complexity index is 567. The molecule has 0 fully saturated rings. The minimum Gasteiger partial charge on any atom is -0.493 e. The smallest absolute Gasteiger partial charge is 0.239 e. The van der Waals surface area contributed by atoms with Gasteiger partial charge in [0.25, 0.3) is 0 Å². The summed E-state index contributed by atoms with van der Waals surface area (Å²) in [7, 11) is 3.04. The second-order valence-electron chi connectivity index (χ2n) is 5.15. The predicted molar refractivity (Wildman–Crippen MR) is 85.2 cm³/mol. The fourth-order valence-electron chi connectivity index (χ4n) is 1.69. The Labute approximate surface area is 130 Å². The van der Waals surface area contributed by atoms with Crippen LogP contribution >= 0.6 is 0 Å². The van der Waals surface area contributed by atoms with Crippen molar-refractivity contribution in [2.45, 2.75) is 13.8 Å². The summed E-state index contributed by atoms with van der Waals surface area (Å²) in [5, 5.41) is 5.32. The van der Waals surface area contributed by atoms with Gasteiger partial charge in [-0.2, -0.15) is 0 Å². The fourth-order valence-corrected chi connectivity index (χ4v) is 1.69. The molecule has 0 aliphatic heterocycles. The average molecular weight is 306 g/mol. The van der Waals surface area contributed by atoms with Crippen LogP contribution in [0.15, 0.2) is 30.9 Å². The summed E-state index contributed by atoms with van der Waals surface area (Å²) in [4.78, 5) is 24.3. The van der Waals surface area contributed by atoms with Crippen LogP contribution in [0.3, 0.4) is 0 Å². The Morgan fingerprint density at radius 1 is 1.18 bits per heavy atom. The van der Waals surface area contributed by atoms with Gasteiger partial charge in [0.2, 0.25) is 11.8 Å². The van der Waals surface area contributed by atoms with E-state index in [9.17, 15) is 9.59 Å². The van der Waals surface area contributed by atoms with E-state index in [1.807, 2.05) is 0 Å². The number of hydrogen-bond donors (Lipinski definition) is 2. The zero-order valence-corrected chi connectivity index (χ0v) is 13.4. The van der Waals surface area contributed by atoms with Crippen LogP contribution in [0, 0.1) is 5.41 Å². The first-order valence-electron chi connectivity index (χ1n) is 6.79. The van der Waals surface area contributed by atoms with Crippen LogP contribution in [-0.4, -0.2) is 32.6 Å². The monoisotopic (exact) mass is 306 g/mol. The molecule has 0 heterocycles. The molecule has 0 aliphatic carbocycles. The lowest BCUT2D eigenvalue weighted by Gasteiger charge is -2.22. The fraction of sp³-hybridized carbons (Fsp3) is 0.375. The third-order valence-electron chi connectivity index (χ3n) is 3.18. The molecule has 2 N–H and O–H groups in total. The van der Waals surface area contributed by atoms with Crippen molar-refractivity contribution < 1.29 is 19.1 Å². The summed E-state index contributed by atoms with van der Waals surface area (Å²) in [5.41, 5.74) is -0.692. The highest BCUT2D eigenvalue weighted by atomic mass is 16.5. The zero-order chi connectivity index (χ0) is 16.8. The normalized spacial score (nSPS) is 10.5. The summed E-state index contributed by atoms with van der Waals surface area (Å²) in [5.74, 6) is 0.268. The second kappa shape index (κ2) is 7.49. The number of nitrogens with one attached hydrogen (secondary N) is 2. The van der Waals surface area contributed by atoms with E-state index in [0.717, 1.165) is 0 Å². The number of carbonyl (C=O) groups excluding carboxylic acids is 2. The van der Waals surface area contributed by atoms with Crippen LogP contribution in [0.4, 0.5) is 5.69 Å². The Morgan fingerprint density at radius 2 is 1.82 bits per heavy atom. The maximum atomic E-state index is 12.3. The molecule has 0 aliphatic rings. The van der Waals surface area contributed by atoms with Crippen molar-refractivity contribution in [3.05, 3.63) is 30.9 Å². The molecule has 0 aromatic heterocycles. The molecule has 1 aromatic carbocycles. The molecule has 0 spiro atoms. The molecule has 6 heteroatoms. The SMILES string of the molecule is C=CCNC(=O)C(C)(C)C(=O)Nc1ccc(OC)c(OC)c1. The molecule has 0 bridgehead atoms. The summed E-state index contributed by atoms with van der Waals surface area (Å²) >= 11 is 0. The van der Waals surface area contributed by atoms with Crippen molar-refractivity contribution in [2.24, 2.45) is 5.41 Å². The number of amides is 2. The van der Waals surface area contributed by atoms with E-state index in [1.54, 1.807) is 38.1 Å². The number of rotatable bonds is 7. The molecule has 22 heavy (non-hydrogen) atoms. The lowest BCUT2D eigenvalue weighted by molar-refractivity contribution is -0.138. The van der Waals surface area contributed by atoms with E-state index < -0.39 is 11.3 Å². The first kappa shape index (κ1) is 17.6. The minimum absolute atomic E-state index is 0.311. The molecule has 1 rings (SSSR count). The molecule has 6 nitrogen and oxygen atoms in total. The predicted octanol–water partition coefficient (Wildman–Crippen LogP) is 1.97. The van der Waals surface area contributed by atoms with Crippen molar-refractivity contribution in [1.29, 1.82) is 0 Å². The molecule has 2 amide bonds. The highest BCUT2D eigenvalue weighted by Crippen LogP contribution is 2.30. The van der Waals surface area contributed by atoms with Crippen molar-refractivity contribution in [3.63, 3.8) is 0 Å². The van der Waals surface area contributed by atoms with Crippen LogP contribution in [-0.2, 0) is 9.59 Å². The Hall–Kier alpha value is -2.50. The highest BCUT2D eigenvalue weighted by Gasteiger charge is 2.35. The van der Waals surface area contributed by atoms with Gasteiger partial charge in [-0.1, -0.05) is 6.08 Å². The molecular weight excluding hydrogens is 284 g/mol. The third-order valence-corrected chi connectivity index (χ3v) is 3.18. The molecule has 0 saturated heterocycles. The van der Waals surface area contributed by atoms with Crippen LogP contribution in [0.1, 0.15) is 13.8 Å². The zero-order valence-electron chi connectivity index (χ0n) is 13.4. The van der Waals surface area contributed by atoms with Gasteiger partial charge in [0.1, 0.15) is 5.41 Å². The lowest BCUT2D eigenvalue weighted by atomic mass is 9.91. The van der Waals surface area contributed by atoms with E-state index in [1.165, 1.54) is 14.2 Å². The molecule has 0 radical (unpaired) electrons. The molecule has 0 atom stereocenters. The largest absolute Gasteiger partial charge is 0.493 e. The van der Waals surface area contributed by atoms with Crippen LogP contribution < -0.4 is 20.1 Å². The molecule has 120 valence electrons. The van der Waals surface area contributed by atoms with Gasteiger partial charge in [0.15, 0.2) is 11.5 Å². The quantitative estimate of drug-likeness (QED) is 0.596. The summed E-state index contributed by atoms with van der Waals surface area (Å²) in [6.07, 6.45) is 1.56. The van der Waals surface area contributed by atoms with Crippen molar-refractivity contribution >= 4 is 17.5 Å². The van der Waals surface area contributed by atoms with Gasteiger partial charge >= 0.3 is 0 Å². The van der Waals surface area contributed by atoms with Gasteiger partial charge in [-0.25, -0.2) is 0 Å². The molecule has 0 saturated carbocycles. The second-order valence-corrected chi connectivity index (χ2v) is 5.15. The van der Waals surface area contributed by atoms with Gasteiger partial charge in [-0.3, -0.25) is 9.59 Å². The van der Waals surface area contributed by atoms with E-state index in [0.29, 0.717) is 23.7 Å². The van der Waals surface area contributed by atoms with E-state index in [4.69, 9.17) is 9.47 Å². The maximum absolute atomic E-state index is 12.3. The van der Waals surface area contributed by atoms with Crippen molar-refractivity contribution in [3.8, 4) is 11.5 Å². The van der Waals surface area contributed by atoms with Crippen LogP contribution in [0.25, 0.3) is 0 Å². The summed E-state index contributed by atoms with van der Waals surface area (Å²) < 4.78 is 10.3. The van der Waals surface area contributed by atoms with Gasteiger partial charge in [0.05, 0.1) is 14.2 Å². The number of ether oxygens (including phenoxy) is 2. The van der Waals surface area contributed by atoms with E-state index in [2.05, 4.69) is 17.2 Å². The van der Waals surface area contributed by atoms with Gasteiger partial charge in [0, 0.05) is 18.3 Å². The number of anilines is 1. The number of methoxy groups -OCH3 is 2. The number of carbonyl (C=O) groups is 2. The molecular formula is C16H22N2O4. The molecule has 1 aromatic rings. The third kappa shape index (κ3) is 4.00. The Morgan fingerprint density at radius 3 is 2.36 bits per heavy atom. The number of benzene rings is 1. The molecule has 0 unspecified atom stereocenters. The van der Waals surface area contributed by atoms with E-state index >= 15 is 0 Å². The Balaban J connectivity index is 2.87. The van der Waals surface area contributed by atoms with Gasteiger partial charge in [-0.05, 0) is 26.0 Å². The Kier molecular flexibility index (Phi) is 5.98. The van der Waals surface area contributed by atoms with E-state index in [-0.39, 0.29) is 5.91 Å². The lowest BCUT2D eigenvalue weighted by Crippen LogP contribution is -2.45. The van der Waals surface area contributed by atoms with Crippen LogP contribution in [0.2, 0.25) is 0 Å². The summed E-state index contributed by atoms with van der Waals surface area (Å²) in [6.45, 7) is 6.95. The standard InChI is InChI=1S/C16H22N2O4/c1-6-9-17-14(19)16(2,3)15(20)18-11-7-8-12(21-4)13(10-11)22-5/h6-8,10H,1,9H2,2-5H3,(H,17,19)(H,18,20). The first-order chi connectivity index (χ1) is 10.4. The van der Waals surface area contributed by atoms with Crippen LogP contribution in [0.5, 0.6) is 11.5 Å². The first-order valence-corrected chi connectivity index (χ1v) is 6.79. The van der Waals surface area contributed by atoms with Gasteiger partial charge < -0.3 is 20.1 Å². The summed E-state index contributed by atoms with van der Waals surface area (Å²) in [6, 6.07) is 4.99. The average Bonchev–Trinajstić information content (AvgIpc) is 2.51. The number of hydrogen-bond acceptors (Lipinski definition) is 4. The van der Waals surface area contributed by atoms with Crippen molar-refractivity contribution in [1.82, 2.24) is 5.32 Å². The van der Waals surface area contributed by atoms with Gasteiger partial charge in [-0.15, -0.1) is 6.58 Å². The maximum Gasteiger partial charge on any atom is 0.239 e. The van der Waals surface area contributed by atoms with Crippen molar-refractivity contribution in [2.75, 3.05) is 26.1 Å². The topological polar surface area (TPSA) is 76.7 Å². The highest BCUT2D eigenvalue weighted by molar-refractivity contribution is 6.09.